The van der Waals surface area contributed by atoms with Crippen LogP contribution in [0.25, 0.3) is 16.7 Å². The number of fused-ring (bicyclic) bond motifs is 5. The van der Waals surface area contributed by atoms with E-state index in [0.29, 0.717) is 55.9 Å². The third kappa shape index (κ3) is 13.8. The van der Waals surface area contributed by atoms with Gasteiger partial charge in [-0.1, -0.05) is 23.4 Å². The number of carboxylic acids is 1. The molecule has 6 aromatic rings. The molecule has 12 rings (SSSR count). The molecule has 0 spiro atoms. The van der Waals surface area contributed by atoms with Crippen LogP contribution >= 0.6 is 0 Å². The van der Waals surface area contributed by atoms with Crippen molar-refractivity contribution in [3.63, 3.8) is 0 Å². The molecule has 1 fully saturated rings. The van der Waals surface area contributed by atoms with Gasteiger partial charge in [-0.05, 0) is 81.5 Å². The summed E-state index contributed by atoms with van der Waals surface area (Å²) < 4.78 is 103. The molecule has 6 aliphatic heterocycles. The molecule has 9 heterocycles. The molecule has 0 radical (unpaired) electrons. The molecule has 6 atom stereocenters. The summed E-state index contributed by atoms with van der Waals surface area (Å²) in [6, 6.07) is 9.68. The van der Waals surface area contributed by atoms with Crippen molar-refractivity contribution in [3.8, 4) is 11.5 Å². The van der Waals surface area contributed by atoms with Crippen molar-refractivity contribution in [1.29, 1.82) is 0 Å². The Morgan fingerprint density at radius 3 is 2.40 bits per heavy atom. The van der Waals surface area contributed by atoms with Crippen molar-refractivity contribution < 1.29 is 64.8 Å². The maximum atomic E-state index is 12.5. The molecule has 9 N–H and O–H groups in total. The predicted octanol–water partition coefficient (Wildman–Crippen LogP) is 0.378. The first kappa shape index (κ1) is 62.0. The second kappa shape index (κ2) is 27.0. The topological polar surface area (TPSA) is 375 Å². The average Bonchev–Trinajstić information content (AvgIpc) is 1.45. The summed E-state index contributed by atoms with van der Waals surface area (Å²) in [5.74, 6) is 0.801. The van der Waals surface area contributed by atoms with Crippen molar-refractivity contribution in [2.45, 2.75) is 125 Å². The second-order valence-electron chi connectivity index (χ2n) is 22.7. The SMILES string of the molecule is CS(=O)(=O)NCOCCOCCOCCn1nncc1CCO[C@H]1[C@@H](O)[C@H](n2cnc3c(N)ncnc32)O[C@@H]1C[C@@H](N)CC[C@H](N)C(=O)O.O=S(=O)([O-])c1ccccc1C1=c2cc3c4c(c2Oc2c1cc1c5c2CCCN5CCC1)CCC[N+]=4CCC3. The van der Waals surface area contributed by atoms with Gasteiger partial charge in [0.1, 0.15) is 71.5 Å². The van der Waals surface area contributed by atoms with Gasteiger partial charge < -0.3 is 65.3 Å². The standard InChI is InChI=1S/C31H30N2O4S.C27H45N11O10S/c34-38(35,36)26-12-2-1-9-21(26)27-24-17-19-7-3-13-32-15-5-10-22(28(19)32)30(24)37-31-23-11-6-16-33-14-4-8-20(29(23)33)18-25(27)31;1-49(42,43)35-16-46-11-10-45-9-8-44-7-5-38-18(13-34-36-38)4-6-47-23-20(12-17(28)2-3-19(29)27(40)41)48-26(22(23)39)37-15-33-21-24(30)31-14-32-25(21)37/h1-2,9,12,17-18H,3-8,10-11,13-16H2;13-15,17,19-20,22-23,26,35,39H,2-12,16,28-29H2,1H3,(H,40,41)(H2,30,31,32)/t;17-,19-,20+,22+,23+,26+/m.0/s1. The number of hydrogen-bond acceptors (Lipinski definition) is 22. The van der Waals surface area contributed by atoms with Crippen LogP contribution in [0.15, 0.2) is 60.1 Å². The van der Waals surface area contributed by atoms with E-state index in [2.05, 4.69) is 51.6 Å². The number of aromatic nitrogens is 7. The summed E-state index contributed by atoms with van der Waals surface area (Å²) in [6.07, 6.45) is 11.4. The number of rotatable bonds is 25. The van der Waals surface area contributed by atoms with Gasteiger partial charge in [0.15, 0.2) is 17.7 Å². The molecular formula is C58H75N13O14S2. The van der Waals surface area contributed by atoms with Gasteiger partial charge in [0.05, 0.1) is 87.2 Å². The number of aliphatic hydroxyl groups excluding tert-OH is 1. The smallest absolute Gasteiger partial charge is 0.320 e. The first-order valence-electron chi connectivity index (χ1n) is 29.6. The maximum Gasteiger partial charge on any atom is 0.320 e. The number of sulfonamides is 1. The molecule has 468 valence electrons. The molecule has 27 nitrogen and oxygen atoms in total. The highest BCUT2D eigenvalue weighted by atomic mass is 32.2. The lowest BCUT2D eigenvalue weighted by Gasteiger charge is -2.39. The molecule has 0 saturated carbocycles. The quantitative estimate of drug-likeness (QED) is 0.0195. The van der Waals surface area contributed by atoms with Crippen LogP contribution in [0.4, 0.5) is 11.5 Å². The van der Waals surface area contributed by atoms with Gasteiger partial charge >= 0.3 is 5.97 Å². The zero-order valence-corrected chi connectivity index (χ0v) is 50.1. The molecule has 1 saturated heterocycles. The van der Waals surface area contributed by atoms with Crippen molar-refractivity contribution in [2.24, 2.45) is 11.5 Å². The van der Waals surface area contributed by atoms with Crippen LogP contribution in [0.3, 0.4) is 0 Å². The Kier molecular flexibility index (Phi) is 19.3. The normalized spacial score (nSPS) is 20.2. The molecule has 0 amide bonds. The van der Waals surface area contributed by atoms with E-state index in [9.17, 15) is 31.3 Å². The summed E-state index contributed by atoms with van der Waals surface area (Å²) in [7, 11) is -7.97. The van der Waals surface area contributed by atoms with E-state index in [1.54, 1.807) is 27.6 Å². The number of ether oxygens (including phenoxy) is 6. The molecule has 3 aromatic heterocycles. The van der Waals surface area contributed by atoms with E-state index in [0.717, 1.165) is 117 Å². The number of imidazole rings is 1. The van der Waals surface area contributed by atoms with Crippen LogP contribution in [0.2, 0.25) is 0 Å². The fourth-order valence-electron chi connectivity index (χ4n) is 12.8. The van der Waals surface area contributed by atoms with E-state index in [1.165, 1.54) is 52.0 Å². The number of nitrogens with two attached hydrogens (primary N) is 3. The molecule has 3 aromatic carbocycles. The molecule has 6 aliphatic rings. The highest BCUT2D eigenvalue weighted by Crippen LogP contribution is 2.49. The summed E-state index contributed by atoms with van der Waals surface area (Å²) in [5, 5.41) is 30.9. The lowest BCUT2D eigenvalue weighted by atomic mass is 9.82. The van der Waals surface area contributed by atoms with E-state index in [4.69, 9.17) is 50.7 Å². The number of aryl methyl sites for hydroxylation is 2. The molecular weight excluding hydrogens is 1170 g/mol. The van der Waals surface area contributed by atoms with Gasteiger partial charge in [-0.2, -0.15) is 4.72 Å². The number of aliphatic hydroxyl groups is 1. The molecule has 87 heavy (non-hydrogen) atoms. The number of nitrogens with zero attached hydrogens (tertiary/aromatic N) is 9. The number of carbonyl (C=O) groups is 1. The van der Waals surface area contributed by atoms with Crippen LogP contribution in [0.5, 0.6) is 11.5 Å². The van der Waals surface area contributed by atoms with Crippen LogP contribution in [0.1, 0.15) is 90.2 Å². The summed E-state index contributed by atoms with van der Waals surface area (Å²) >= 11 is 0. The highest BCUT2D eigenvalue weighted by molar-refractivity contribution is 7.88. The Balaban J connectivity index is 0.000000185. The lowest BCUT2D eigenvalue weighted by Crippen LogP contribution is -2.45. The first-order valence-corrected chi connectivity index (χ1v) is 32.9. The predicted molar refractivity (Wildman–Crippen MR) is 316 cm³/mol. The van der Waals surface area contributed by atoms with E-state index in [1.807, 2.05) is 6.07 Å². The minimum absolute atomic E-state index is 0.116. The number of benzene rings is 3. The van der Waals surface area contributed by atoms with Gasteiger partial charge in [0.25, 0.3) is 0 Å². The Morgan fingerprint density at radius 1 is 0.885 bits per heavy atom. The zero-order chi connectivity index (χ0) is 61.0. The number of aliphatic carboxylic acids is 1. The lowest BCUT2D eigenvalue weighted by molar-refractivity contribution is -0.138. The third-order valence-electron chi connectivity index (χ3n) is 16.8. The van der Waals surface area contributed by atoms with Crippen molar-refractivity contribution in [1.82, 2.24) is 43.8 Å². The van der Waals surface area contributed by atoms with Crippen molar-refractivity contribution in [3.05, 3.63) is 105 Å². The maximum absolute atomic E-state index is 12.5. The van der Waals surface area contributed by atoms with E-state index >= 15 is 0 Å². The Bertz CT molecular complexity index is 3860. The van der Waals surface area contributed by atoms with Gasteiger partial charge in [-0.15, -0.1) is 5.10 Å². The van der Waals surface area contributed by atoms with Crippen molar-refractivity contribution >= 4 is 54.4 Å². The Labute approximate surface area is 503 Å². The molecule has 0 aliphatic carbocycles. The second-order valence-corrected chi connectivity index (χ2v) is 25.9. The Morgan fingerprint density at radius 2 is 1.62 bits per heavy atom. The van der Waals surface area contributed by atoms with Crippen LogP contribution in [-0.4, -0.2) is 181 Å². The van der Waals surface area contributed by atoms with Gasteiger partial charge in [0, 0.05) is 77.1 Å². The molecule has 0 unspecified atom stereocenters. The largest absolute Gasteiger partial charge is 0.744 e. The number of hydrogen-bond donors (Lipinski definition) is 6. The number of nitrogens with one attached hydrogen (secondary N) is 1. The van der Waals surface area contributed by atoms with Crippen molar-refractivity contribution in [2.75, 3.05) is 89.4 Å². The summed E-state index contributed by atoms with van der Waals surface area (Å²) in [5.41, 5.74) is 28.1. The number of anilines is 2. The molecule has 0 bridgehead atoms. The zero-order valence-electron chi connectivity index (χ0n) is 48.5. The minimum Gasteiger partial charge on any atom is -0.744 e. The van der Waals surface area contributed by atoms with Gasteiger partial charge in [-0.25, -0.2) is 41.0 Å². The van der Waals surface area contributed by atoms with Gasteiger partial charge in [-0.3, -0.25) is 9.36 Å². The third-order valence-corrected chi connectivity index (χ3v) is 18.3. The van der Waals surface area contributed by atoms with Crippen LogP contribution in [0, 0.1) is 0 Å². The minimum atomic E-state index is -4.68. The fourth-order valence-corrected chi connectivity index (χ4v) is 13.8. The first-order chi connectivity index (χ1) is 41.9. The monoisotopic (exact) mass is 1240 g/mol. The van der Waals surface area contributed by atoms with E-state index < -0.39 is 62.7 Å². The summed E-state index contributed by atoms with van der Waals surface area (Å²) in [6.45, 7) is 6.32. The number of nitrogen functional groups attached to an aromatic ring is 1. The molecule has 29 heteroatoms. The number of carboxylic acid groups (broad SMARTS) is 1. The van der Waals surface area contributed by atoms with Crippen LogP contribution < -0.4 is 46.7 Å². The Hall–Kier alpha value is -6.61. The van der Waals surface area contributed by atoms with Gasteiger partial charge in [0.2, 0.25) is 15.4 Å². The van der Waals surface area contributed by atoms with Crippen LogP contribution in [-0.2, 0) is 87.3 Å². The summed E-state index contributed by atoms with van der Waals surface area (Å²) in [4.78, 5) is 26.0. The fraction of sp³-hybridized carbons (Fsp3) is 0.534. The average molecular weight is 1240 g/mol. The highest BCUT2D eigenvalue weighted by Gasteiger charge is 2.47. The van der Waals surface area contributed by atoms with E-state index in [-0.39, 0.29) is 50.1 Å².